The predicted molar refractivity (Wildman–Crippen MR) is 66.5 cm³/mol. The van der Waals surface area contributed by atoms with Crippen molar-refractivity contribution < 1.29 is 4.79 Å². The van der Waals surface area contributed by atoms with Gasteiger partial charge in [-0.15, -0.1) is 0 Å². The summed E-state index contributed by atoms with van der Waals surface area (Å²) in [6, 6.07) is 6.95. The van der Waals surface area contributed by atoms with Gasteiger partial charge in [0.2, 0.25) is 0 Å². The molecule has 0 bridgehead atoms. The highest BCUT2D eigenvalue weighted by atomic mass is 16.1. The summed E-state index contributed by atoms with van der Waals surface area (Å²) in [6.07, 6.45) is 6.41. The van der Waals surface area contributed by atoms with E-state index in [1.807, 2.05) is 0 Å². The maximum absolute atomic E-state index is 12.0. The molecule has 1 N–H and O–H groups in total. The monoisotopic (exact) mass is 225 g/mol. The molecule has 0 unspecified atom stereocenters. The van der Waals surface area contributed by atoms with Crippen molar-refractivity contribution in [2.45, 2.75) is 0 Å². The average molecular weight is 225 g/mol. The first kappa shape index (κ1) is 11.0. The van der Waals surface area contributed by atoms with Crippen LogP contribution in [0.1, 0.15) is 16.1 Å². The van der Waals surface area contributed by atoms with Crippen molar-refractivity contribution in [3.05, 3.63) is 60.7 Å². The molecule has 0 fully saturated rings. The van der Waals surface area contributed by atoms with Gasteiger partial charge < -0.3 is 5.32 Å². The van der Waals surface area contributed by atoms with Gasteiger partial charge >= 0.3 is 0 Å². The Hall–Kier alpha value is -2.49. The molecule has 0 aliphatic heterocycles. The minimum absolute atomic E-state index is 0.221. The number of nitrogens with zero attached hydrogens (tertiary/aromatic N) is 2. The fraction of sp³-hybridized carbons (Fsp3) is 0. The fourth-order valence-corrected chi connectivity index (χ4v) is 1.41. The van der Waals surface area contributed by atoms with Gasteiger partial charge in [-0.1, -0.05) is 6.58 Å². The van der Waals surface area contributed by atoms with Crippen LogP contribution >= 0.6 is 0 Å². The average Bonchev–Trinajstić information content (AvgIpc) is 2.40. The Morgan fingerprint density at radius 1 is 1.29 bits per heavy atom. The number of hydrogen-bond acceptors (Lipinski definition) is 3. The summed E-state index contributed by atoms with van der Waals surface area (Å²) in [6.45, 7) is 3.63. The molecular weight excluding hydrogens is 214 g/mol. The van der Waals surface area contributed by atoms with Crippen LogP contribution in [0.4, 0.5) is 5.69 Å². The molecule has 2 aromatic heterocycles. The Morgan fingerprint density at radius 3 is 2.82 bits per heavy atom. The molecule has 4 nitrogen and oxygen atoms in total. The number of rotatable bonds is 3. The van der Waals surface area contributed by atoms with E-state index < -0.39 is 0 Å². The van der Waals surface area contributed by atoms with Crippen molar-refractivity contribution in [3.8, 4) is 0 Å². The smallest absolute Gasteiger partial charge is 0.257 e. The first-order chi connectivity index (χ1) is 8.31. The standard InChI is InChI=1S/C13H11N3O/c1-2-12-11(6-4-8-15-12)13(17)16-10-5-3-7-14-9-10/h2-9H,1H2,(H,16,17). The Balaban J connectivity index is 2.23. The summed E-state index contributed by atoms with van der Waals surface area (Å²) in [5, 5.41) is 2.74. The highest BCUT2D eigenvalue weighted by Gasteiger charge is 2.09. The largest absolute Gasteiger partial charge is 0.321 e. The Kier molecular flexibility index (Phi) is 3.25. The molecule has 0 aromatic carbocycles. The molecule has 0 saturated carbocycles. The number of aromatic nitrogens is 2. The number of anilines is 1. The third kappa shape index (κ3) is 2.55. The van der Waals surface area contributed by atoms with Crippen molar-refractivity contribution in [2.24, 2.45) is 0 Å². The van der Waals surface area contributed by atoms with E-state index in [-0.39, 0.29) is 5.91 Å². The molecule has 17 heavy (non-hydrogen) atoms. The Labute approximate surface area is 99.0 Å². The van der Waals surface area contributed by atoms with E-state index >= 15 is 0 Å². The molecular formula is C13H11N3O. The highest BCUT2D eigenvalue weighted by molar-refractivity contribution is 6.06. The lowest BCUT2D eigenvalue weighted by atomic mass is 10.2. The molecule has 0 aliphatic carbocycles. The molecule has 0 radical (unpaired) electrons. The van der Waals surface area contributed by atoms with Gasteiger partial charge in [-0.2, -0.15) is 0 Å². The van der Waals surface area contributed by atoms with Crippen LogP contribution in [0.15, 0.2) is 49.4 Å². The van der Waals surface area contributed by atoms with E-state index in [0.29, 0.717) is 16.9 Å². The first-order valence-electron chi connectivity index (χ1n) is 5.10. The van der Waals surface area contributed by atoms with Gasteiger partial charge in [0.1, 0.15) is 0 Å². The van der Waals surface area contributed by atoms with Gasteiger partial charge in [-0.25, -0.2) is 0 Å². The molecule has 0 saturated heterocycles. The third-order valence-corrected chi connectivity index (χ3v) is 2.20. The van der Waals surface area contributed by atoms with Crippen LogP contribution in [0.3, 0.4) is 0 Å². The normalized spacial score (nSPS) is 9.65. The lowest BCUT2D eigenvalue weighted by Gasteiger charge is -2.06. The topological polar surface area (TPSA) is 54.9 Å². The third-order valence-electron chi connectivity index (χ3n) is 2.20. The second kappa shape index (κ2) is 5.03. The molecule has 4 heteroatoms. The van der Waals surface area contributed by atoms with Crippen LogP contribution in [0.25, 0.3) is 6.08 Å². The SMILES string of the molecule is C=Cc1ncccc1C(=O)Nc1cccnc1. The van der Waals surface area contributed by atoms with Gasteiger partial charge in [0, 0.05) is 12.4 Å². The molecule has 1 amide bonds. The Morgan fingerprint density at radius 2 is 2.12 bits per heavy atom. The van der Waals surface area contributed by atoms with Crippen LogP contribution in [0.5, 0.6) is 0 Å². The van der Waals surface area contributed by atoms with Gasteiger partial charge in [-0.05, 0) is 30.3 Å². The molecule has 0 atom stereocenters. The second-order valence-electron chi connectivity index (χ2n) is 3.34. The summed E-state index contributed by atoms with van der Waals surface area (Å²) in [5.41, 5.74) is 1.71. The summed E-state index contributed by atoms with van der Waals surface area (Å²) in [7, 11) is 0. The van der Waals surface area contributed by atoms with Crippen LogP contribution in [-0.2, 0) is 0 Å². The van der Waals surface area contributed by atoms with E-state index in [1.54, 1.807) is 48.9 Å². The first-order valence-corrected chi connectivity index (χ1v) is 5.10. The lowest BCUT2D eigenvalue weighted by molar-refractivity contribution is 0.102. The minimum atomic E-state index is -0.221. The summed E-state index contributed by atoms with van der Waals surface area (Å²) < 4.78 is 0. The van der Waals surface area contributed by atoms with E-state index in [9.17, 15) is 4.79 Å². The van der Waals surface area contributed by atoms with E-state index in [2.05, 4.69) is 21.9 Å². The second-order valence-corrected chi connectivity index (χ2v) is 3.34. The molecule has 0 aliphatic rings. The van der Waals surface area contributed by atoms with Crippen molar-refractivity contribution >= 4 is 17.7 Å². The zero-order valence-corrected chi connectivity index (χ0v) is 9.13. The number of carbonyl (C=O) groups excluding carboxylic acids is 1. The molecule has 2 aromatic rings. The number of hydrogen-bond donors (Lipinski definition) is 1. The summed E-state index contributed by atoms with van der Waals surface area (Å²) >= 11 is 0. The van der Waals surface area contributed by atoms with Crippen LogP contribution in [0.2, 0.25) is 0 Å². The van der Waals surface area contributed by atoms with Gasteiger partial charge in [-0.3, -0.25) is 14.8 Å². The van der Waals surface area contributed by atoms with E-state index in [4.69, 9.17) is 0 Å². The maximum Gasteiger partial charge on any atom is 0.257 e. The van der Waals surface area contributed by atoms with Crippen molar-refractivity contribution in [3.63, 3.8) is 0 Å². The van der Waals surface area contributed by atoms with Crippen molar-refractivity contribution in [1.82, 2.24) is 9.97 Å². The van der Waals surface area contributed by atoms with Crippen molar-refractivity contribution in [2.75, 3.05) is 5.32 Å². The predicted octanol–water partition coefficient (Wildman–Crippen LogP) is 2.37. The van der Waals surface area contributed by atoms with E-state index in [1.165, 1.54) is 0 Å². The van der Waals surface area contributed by atoms with Gasteiger partial charge in [0.15, 0.2) is 0 Å². The summed E-state index contributed by atoms with van der Waals surface area (Å²) in [4.78, 5) is 20.0. The lowest BCUT2D eigenvalue weighted by Crippen LogP contribution is -2.13. The molecule has 2 rings (SSSR count). The zero-order chi connectivity index (χ0) is 12.1. The highest BCUT2D eigenvalue weighted by Crippen LogP contribution is 2.10. The zero-order valence-electron chi connectivity index (χ0n) is 9.13. The van der Waals surface area contributed by atoms with E-state index in [0.717, 1.165) is 0 Å². The molecule has 84 valence electrons. The number of amides is 1. The maximum atomic E-state index is 12.0. The minimum Gasteiger partial charge on any atom is -0.321 e. The van der Waals surface area contributed by atoms with Crippen LogP contribution < -0.4 is 5.32 Å². The fourth-order valence-electron chi connectivity index (χ4n) is 1.41. The van der Waals surface area contributed by atoms with Gasteiger partial charge in [0.25, 0.3) is 5.91 Å². The van der Waals surface area contributed by atoms with Crippen LogP contribution in [-0.4, -0.2) is 15.9 Å². The summed E-state index contributed by atoms with van der Waals surface area (Å²) in [5.74, 6) is -0.221. The number of nitrogens with one attached hydrogen (secondary N) is 1. The van der Waals surface area contributed by atoms with Crippen LogP contribution in [0, 0.1) is 0 Å². The quantitative estimate of drug-likeness (QED) is 0.872. The van der Waals surface area contributed by atoms with Crippen molar-refractivity contribution in [1.29, 1.82) is 0 Å². The number of carbonyl (C=O) groups is 1. The molecule has 2 heterocycles. The van der Waals surface area contributed by atoms with Gasteiger partial charge in [0.05, 0.1) is 23.1 Å². The number of pyridine rings is 2. The Bertz CT molecular complexity index is 537. The molecule has 0 spiro atoms.